The van der Waals surface area contributed by atoms with E-state index < -0.39 is 47.6 Å². The zero-order valence-corrected chi connectivity index (χ0v) is 27.9. The van der Waals surface area contributed by atoms with E-state index in [1.165, 1.54) is 24.9 Å². The van der Waals surface area contributed by atoms with Crippen molar-refractivity contribution in [1.29, 1.82) is 0 Å². The molecule has 0 saturated heterocycles. The van der Waals surface area contributed by atoms with Gasteiger partial charge in [0.1, 0.15) is 17.8 Å². The Labute approximate surface area is 277 Å². The summed E-state index contributed by atoms with van der Waals surface area (Å²) in [7, 11) is 1.50. The Hall–Kier alpha value is -3.04. The molecule has 0 aliphatic heterocycles. The maximum Gasteiger partial charge on any atom is 0.416 e. The first-order valence-corrected chi connectivity index (χ1v) is 15.8. The molecule has 0 heterocycles. The molecule has 0 unspecified atom stereocenters. The van der Waals surface area contributed by atoms with Gasteiger partial charge < -0.3 is 35.3 Å². The number of nitrogens with one attached hydrogen (secondary N) is 3. The lowest BCUT2D eigenvalue weighted by molar-refractivity contribution is -0.142. The Bertz CT molecular complexity index is 1230. The highest BCUT2D eigenvalue weighted by Crippen LogP contribution is 2.32. The summed E-state index contributed by atoms with van der Waals surface area (Å²) in [6, 6.07) is 8.77. The number of benzene rings is 2. The molecule has 0 bridgehead atoms. The van der Waals surface area contributed by atoms with Crippen LogP contribution >= 0.6 is 24.2 Å². The van der Waals surface area contributed by atoms with Crippen molar-refractivity contribution in [2.24, 2.45) is 5.92 Å². The van der Waals surface area contributed by atoms with Crippen LogP contribution in [0.4, 0.5) is 13.2 Å². The van der Waals surface area contributed by atoms with E-state index in [0.717, 1.165) is 17.7 Å². The maximum absolute atomic E-state index is 13.6. The van der Waals surface area contributed by atoms with Crippen LogP contribution < -0.4 is 20.7 Å². The van der Waals surface area contributed by atoms with Gasteiger partial charge in [0.2, 0.25) is 11.8 Å². The van der Waals surface area contributed by atoms with Crippen LogP contribution in [0.1, 0.15) is 37.0 Å². The fraction of sp³-hybridized carbons (Fsp3) is 0.516. The van der Waals surface area contributed by atoms with Gasteiger partial charge in [-0.1, -0.05) is 44.2 Å². The monoisotopic (exact) mass is 693 g/mol. The molecule has 0 aliphatic rings. The van der Waals surface area contributed by atoms with Crippen molar-refractivity contribution in [3.8, 4) is 5.75 Å². The lowest BCUT2D eigenvalue weighted by Crippen LogP contribution is -2.56. The lowest BCUT2D eigenvalue weighted by atomic mass is 10.00. The first-order chi connectivity index (χ1) is 21.4. The standard InChI is InChI=1S/C31H42F3N3O7S.ClH/c1-20(2)27(35-18-22-17-23(31(32,33)34)10-11-26(22)44-19-43-14-13-42-3)29(39)37-25(16-21-8-6-5-7-9-21)28(38)36-24(30(40)41)12-15-45-4;/h5-11,17,20,24-25,27,35H,12-16,18-19H2,1-4H3,(H,36,38)(H,37,39)(H,40,41);1H/t24-,25-,27-;/m0./s1. The summed E-state index contributed by atoms with van der Waals surface area (Å²) in [6.07, 6.45) is -2.49. The van der Waals surface area contributed by atoms with Crippen molar-refractivity contribution in [2.75, 3.05) is 39.1 Å². The summed E-state index contributed by atoms with van der Waals surface area (Å²) in [5, 5.41) is 17.9. The van der Waals surface area contributed by atoms with Crippen molar-refractivity contribution in [2.45, 2.75) is 57.5 Å². The second-order valence-electron chi connectivity index (χ2n) is 10.5. The van der Waals surface area contributed by atoms with Gasteiger partial charge in [0.15, 0.2) is 6.79 Å². The fourth-order valence-electron chi connectivity index (χ4n) is 4.28. The highest BCUT2D eigenvalue weighted by molar-refractivity contribution is 7.98. The minimum Gasteiger partial charge on any atom is -0.480 e. The second kappa shape index (κ2) is 21.0. The van der Waals surface area contributed by atoms with Crippen LogP contribution in [0, 0.1) is 5.92 Å². The van der Waals surface area contributed by atoms with Gasteiger partial charge in [-0.05, 0) is 48.1 Å². The largest absolute Gasteiger partial charge is 0.480 e. The molecule has 0 saturated carbocycles. The van der Waals surface area contributed by atoms with E-state index in [4.69, 9.17) is 14.2 Å². The van der Waals surface area contributed by atoms with E-state index in [1.807, 2.05) is 6.26 Å². The summed E-state index contributed by atoms with van der Waals surface area (Å²) >= 11 is 1.44. The smallest absolute Gasteiger partial charge is 0.416 e. The van der Waals surface area contributed by atoms with E-state index in [-0.39, 0.29) is 62.4 Å². The Morgan fingerprint density at radius 1 is 0.978 bits per heavy atom. The zero-order chi connectivity index (χ0) is 33.4. The molecule has 2 aromatic carbocycles. The molecule has 258 valence electrons. The highest BCUT2D eigenvalue weighted by Gasteiger charge is 2.33. The van der Waals surface area contributed by atoms with Crippen LogP contribution in [0.25, 0.3) is 0 Å². The number of halogens is 4. The third-order valence-electron chi connectivity index (χ3n) is 6.72. The molecule has 2 aromatic rings. The Morgan fingerprint density at radius 2 is 1.65 bits per heavy atom. The van der Waals surface area contributed by atoms with Crippen molar-refractivity contribution < 1.29 is 46.9 Å². The molecule has 0 radical (unpaired) electrons. The van der Waals surface area contributed by atoms with Crippen molar-refractivity contribution >= 4 is 42.0 Å². The lowest BCUT2D eigenvalue weighted by Gasteiger charge is -2.27. The van der Waals surface area contributed by atoms with Gasteiger partial charge in [0.05, 0.1) is 24.8 Å². The number of carbonyl (C=O) groups excluding carboxylic acids is 2. The van der Waals surface area contributed by atoms with Crippen LogP contribution in [0.2, 0.25) is 0 Å². The number of carboxylic acids is 1. The molecule has 10 nitrogen and oxygen atoms in total. The van der Waals surface area contributed by atoms with Crippen molar-refractivity contribution in [3.63, 3.8) is 0 Å². The number of amides is 2. The molecule has 46 heavy (non-hydrogen) atoms. The molecule has 0 aromatic heterocycles. The number of carboxylic acid groups (broad SMARTS) is 1. The number of hydrogen-bond acceptors (Lipinski definition) is 8. The number of thioether (sulfide) groups is 1. The quantitative estimate of drug-likeness (QED) is 0.118. The number of aliphatic carboxylic acids is 1. The van der Waals surface area contributed by atoms with Gasteiger partial charge in [-0.15, -0.1) is 12.4 Å². The number of carbonyl (C=O) groups is 3. The number of alkyl halides is 3. The van der Waals surface area contributed by atoms with Gasteiger partial charge in [0, 0.05) is 25.6 Å². The normalized spacial score (nSPS) is 13.3. The molecular formula is C31H43ClF3N3O7S. The molecule has 2 amide bonds. The summed E-state index contributed by atoms with van der Waals surface area (Å²) in [4.78, 5) is 38.7. The second-order valence-corrected chi connectivity index (χ2v) is 11.5. The van der Waals surface area contributed by atoms with Crippen LogP contribution in [-0.2, 0) is 43.0 Å². The van der Waals surface area contributed by atoms with Crippen LogP contribution in [-0.4, -0.2) is 80.1 Å². The predicted molar refractivity (Wildman–Crippen MR) is 172 cm³/mol. The summed E-state index contributed by atoms with van der Waals surface area (Å²) < 4.78 is 56.3. The van der Waals surface area contributed by atoms with Crippen molar-refractivity contribution in [3.05, 3.63) is 65.2 Å². The van der Waals surface area contributed by atoms with E-state index in [2.05, 4.69) is 16.0 Å². The predicted octanol–water partition coefficient (Wildman–Crippen LogP) is 4.29. The average molecular weight is 694 g/mol. The Morgan fingerprint density at radius 3 is 2.24 bits per heavy atom. The topological polar surface area (TPSA) is 135 Å². The van der Waals surface area contributed by atoms with E-state index in [9.17, 15) is 32.7 Å². The summed E-state index contributed by atoms with van der Waals surface area (Å²) in [5.74, 6) is -2.12. The maximum atomic E-state index is 13.6. The van der Waals surface area contributed by atoms with Crippen LogP contribution in [0.3, 0.4) is 0 Å². The first kappa shape index (κ1) is 41.0. The Kier molecular flexibility index (Phi) is 18.7. The number of methoxy groups -OCH3 is 1. The first-order valence-electron chi connectivity index (χ1n) is 14.4. The van der Waals surface area contributed by atoms with Gasteiger partial charge >= 0.3 is 12.1 Å². The van der Waals surface area contributed by atoms with Gasteiger partial charge in [-0.2, -0.15) is 24.9 Å². The average Bonchev–Trinajstić information content (AvgIpc) is 2.99. The molecule has 2 rings (SSSR count). The molecular weight excluding hydrogens is 651 g/mol. The number of rotatable bonds is 20. The van der Waals surface area contributed by atoms with E-state index in [0.29, 0.717) is 12.4 Å². The third kappa shape index (κ3) is 14.2. The molecule has 3 atom stereocenters. The van der Waals surface area contributed by atoms with Crippen LogP contribution in [0.5, 0.6) is 5.75 Å². The van der Waals surface area contributed by atoms with E-state index in [1.54, 1.807) is 44.2 Å². The zero-order valence-electron chi connectivity index (χ0n) is 26.2. The van der Waals surface area contributed by atoms with Gasteiger partial charge in [-0.25, -0.2) is 4.79 Å². The minimum absolute atomic E-state index is 0. The summed E-state index contributed by atoms with van der Waals surface area (Å²) in [5.41, 5.74) is 0.00307. The molecule has 0 fully saturated rings. The molecule has 4 N–H and O–H groups in total. The van der Waals surface area contributed by atoms with Crippen LogP contribution in [0.15, 0.2) is 48.5 Å². The highest BCUT2D eigenvalue weighted by atomic mass is 35.5. The van der Waals surface area contributed by atoms with Gasteiger partial charge in [0.25, 0.3) is 0 Å². The SMILES string of the molecule is COCCOCOc1ccc(C(F)(F)F)cc1CN[C@H](C(=O)N[C@@H](Cc1ccccc1)C(=O)N[C@@H](CCSC)C(=O)O)C(C)C.Cl. The minimum atomic E-state index is -4.60. The van der Waals surface area contributed by atoms with Crippen molar-refractivity contribution in [1.82, 2.24) is 16.0 Å². The Balaban J connectivity index is 0.0000106. The fourth-order valence-corrected chi connectivity index (χ4v) is 4.75. The van der Waals surface area contributed by atoms with E-state index >= 15 is 0 Å². The molecule has 0 aliphatic carbocycles. The number of ether oxygens (including phenoxy) is 3. The molecule has 15 heteroatoms. The summed E-state index contributed by atoms with van der Waals surface area (Å²) in [6.45, 7) is 3.65. The van der Waals surface area contributed by atoms with Gasteiger partial charge in [-0.3, -0.25) is 9.59 Å². The number of hydrogen-bond donors (Lipinski definition) is 4. The molecule has 0 spiro atoms. The third-order valence-corrected chi connectivity index (χ3v) is 7.36.